The van der Waals surface area contributed by atoms with Gasteiger partial charge in [-0.25, -0.2) is 4.79 Å². The van der Waals surface area contributed by atoms with Gasteiger partial charge in [-0.2, -0.15) is 0 Å². The summed E-state index contributed by atoms with van der Waals surface area (Å²) in [5.41, 5.74) is 0.669. The molecule has 0 N–H and O–H groups in total. The molecular weight excluding hydrogens is 282 g/mol. The molecule has 122 valence electrons. The van der Waals surface area contributed by atoms with E-state index in [9.17, 15) is 10.0 Å². The lowest BCUT2D eigenvalue weighted by atomic mass is 9.80. The molecule has 4 rings (SSSR count). The summed E-state index contributed by atoms with van der Waals surface area (Å²) in [6.45, 7) is 5.48. The van der Waals surface area contributed by atoms with Crippen LogP contribution in [0.4, 0.5) is 0 Å². The number of cyclic esters (lactones) is 1. The third-order valence-corrected chi connectivity index (χ3v) is 6.30. The Morgan fingerprint density at radius 1 is 1.27 bits per heavy atom. The van der Waals surface area contributed by atoms with Crippen molar-refractivity contribution in [1.82, 2.24) is 0 Å². The molecule has 1 unspecified atom stereocenters. The van der Waals surface area contributed by atoms with Crippen LogP contribution in [-0.4, -0.2) is 48.1 Å². The Kier molecular flexibility index (Phi) is 3.36. The molecule has 4 aliphatic rings. The van der Waals surface area contributed by atoms with E-state index >= 15 is 0 Å². The summed E-state index contributed by atoms with van der Waals surface area (Å²) in [5.74, 6) is 0.334. The van der Waals surface area contributed by atoms with Crippen molar-refractivity contribution >= 4 is 5.97 Å². The molecule has 0 aromatic carbocycles. The van der Waals surface area contributed by atoms with Gasteiger partial charge in [-0.15, -0.1) is 0 Å². The number of hydroxylamine groups is 3. The van der Waals surface area contributed by atoms with Gasteiger partial charge in [0.15, 0.2) is 0 Å². The summed E-state index contributed by atoms with van der Waals surface area (Å²) >= 11 is 0. The highest BCUT2D eigenvalue weighted by Crippen LogP contribution is 2.48. The SMILES string of the molecule is CC1=C[C@H]([C@H]2O[C@@H]3CCC[N+]4([O-])CCC[C@H]4[C@H]3[C@@H]2C)OC1=O. The smallest absolute Gasteiger partial charge is 0.334 e. The average Bonchev–Trinajstić information content (AvgIpc) is 3.06. The third kappa shape index (κ3) is 2.06. The topological polar surface area (TPSA) is 58.6 Å². The van der Waals surface area contributed by atoms with Crippen molar-refractivity contribution in [3.63, 3.8) is 0 Å². The van der Waals surface area contributed by atoms with Gasteiger partial charge in [0.25, 0.3) is 0 Å². The maximum Gasteiger partial charge on any atom is 0.334 e. The minimum Gasteiger partial charge on any atom is -0.633 e. The highest BCUT2D eigenvalue weighted by molar-refractivity contribution is 5.90. The van der Waals surface area contributed by atoms with E-state index in [0.29, 0.717) is 11.5 Å². The molecule has 0 bridgehead atoms. The van der Waals surface area contributed by atoms with Crippen molar-refractivity contribution in [2.45, 2.75) is 63.9 Å². The van der Waals surface area contributed by atoms with Gasteiger partial charge >= 0.3 is 5.97 Å². The van der Waals surface area contributed by atoms with Crippen LogP contribution in [0.3, 0.4) is 0 Å². The van der Waals surface area contributed by atoms with Crippen LogP contribution in [0.1, 0.15) is 39.5 Å². The molecular formula is C17H25NO4. The lowest BCUT2D eigenvalue weighted by Crippen LogP contribution is -2.51. The fraction of sp³-hybridized carbons (Fsp3) is 0.824. The summed E-state index contributed by atoms with van der Waals surface area (Å²) in [4.78, 5) is 11.7. The molecule has 0 aliphatic carbocycles. The van der Waals surface area contributed by atoms with E-state index in [1.54, 1.807) is 6.92 Å². The second kappa shape index (κ2) is 5.05. The van der Waals surface area contributed by atoms with Crippen LogP contribution in [0.2, 0.25) is 0 Å². The zero-order valence-electron chi connectivity index (χ0n) is 13.4. The molecule has 0 radical (unpaired) electrons. The summed E-state index contributed by atoms with van der Waals surface area (Å²) in [6, 6.07) is 0.176. The van der Waals surface area contributed by atoms with Crippen molar-refractivity contribution < 1.29 is 18.9 Å². The largest absolute Gasteiger partial charge is 0.633 e. The molecule has 3 saturated heterocycles. The highest BCUT2D eigenvalue weighted by Gasteiger charge is 2.55. The lowest BCUT2D eigenvalue weighted by Gasteiger charge is -2.46. The van der Waals surface area contributed by atoms with Crippen LogP contribution in [0.25, 0.3) is 0 Å². The Morgan fingerprint density at radius 3 is 2.68 bits per heavy atom. The Morgan fingerprint density at radius 2 is 2.00 bits per heavy atom. The molecule has 0 aromatic heterocycles. The van der Waals surface area contributed by atoms with Crippen LogP contribution < -0.4 is 0 Å². The molecule has 22 heavy (non-hydrogen) atoms. The monoisotopic (exact) mass is 307 g/mol. The molecule has 0 spiro atoms. The Balaban J connectivity index is 1.60. The zero-order valence-corrected chi connectivity index (χ0v) is 13.4. The van der Waals surface area contributed by atoms with Crippen LogP contribution in [0.5, 0.6) is 0 Å². The van der Waals surface area contributed by atoms with Gasteiger partial charge in [-0.05, 0) is 31.8 Å². The number of quaternary nitrogens is 1. The molecule has 4 aliphatic heterocycles. The summed E-state index contributed by atoms with van der Waals surface area (Å²) in [7, 11) is 0. The van der Waals surface area contributed by atoms with Crippen LogP contribution >= 0.6 is 0 Å². The van der Waals surface area contributed by atoms with E-state index in [-0.39, 0.29) is 40.9 Å². The quantitative estimate of drug-likeness (QED) is 0.423. The van der Waals surface area contributed by atoms with Crippen molar-refractivity contribution in [3.05, 3.63) is 16.9 Å². The van der Waals surface area contributed by atoms with Gasteiger partial charge in [0.05, 0.1) is 25.2 Å². The van der Waals surface area contributed by atoms with E-state index in [2.05, 4.69) is 6.92 Å². The first-order valence-electron chi connectivity index (χ1n) is 8.62. The third-order valence-electron chi connectivity index (χ3n) is 6.30. The predicted octanol–water partition coefficient (Wildman–Crippen LogP) is 2.15. The number of ether oxygens (including phenoxy) is 2. The maximum atomic E-state index is 13.1. The summed E-state index contributed by atoms with van der Waals surface area (Å²) in [6.07, 6.45) is 5.64. The fourth-order valence-electron chi connectivity index (χ4n) is 5.25. The van der Waals surface area contributed by atoms with E-state index in [4.69, 9.17) is 9.47 Å². The number of esters is 1. The number of fused-ring (bicyclic) bond motifs is 3. The number of carbonyl (C=O) groups excluding carboxylic acids is 1. The number of carbonyl (C=O) groups is 1. The highest BCUT2D eigenvalue weighted by atomic mass is 16.6. The molecule has 0 amide bonds. The van der Waals surface area contributed by atoms with Crippen molar-refractivity contribution in [2.24, 2.45) is 11.8 Å². The second-order valence-electron chi connectivity index (χ2n) is 7.55. The molecule has 3 fully saturated rings. The molecule has 4 heterocycles. The van der Waals surface area contributed by atoms with Gasteiger partial charge in [-0.1, -0.05) is 6.92 Å². The standard InChI is InChI=1S/C17H25NO4/c1-10-9-14(22-17(10)19)16-11(2)15-12-5-3-7-18(12,20)8-4-6-13(15)21-16/h9,11-16H,3-8H2,1-2H3/t11-,12-,13+,14+,15+,16-,18?/m0/s1. The van der Waals surface area contributed by atoms with Gasteiger partial charge in [0.1, 0.15) is 12.2 Å². The van der Waals surface area contributed by atoms with Crippen LogP contribution in [0.15, 0.2) is 11.6 Å². The average molecular weight is 307 g/mol. The molecule has 0 saturated carbocycles. The van der Waals surface area contributed by atoms with Gasteiger partial charge < -0.3 is 19.3 Å². The second-order valence-corrected chi connectivity index (χ2v) is 7.55. The number of rotatable bonds is 1. The molecule has 7 atom stereocenters. The fourth-order valence-corrected chi connectivity index (χ4v) is 5.25. The first kappa shape index (κ1) is 14.7. The first-order chi connectivity index (χ1) is 10.5. The van der Waals surface area contributed by atoms with E-state index in [1.165, 1.54) is 0 Å². The van der Waals surface area contributed by atoms with Crippen molar-refractivity contribution in [3.8, 4) is 0 Å². The minimum atomic E-state index is -0.274. The van der Waals surface area contributed by atoms with E-state index in [1.807, 2.05) is 6.08 Å². The normalized spacial score (nSPS) is 51.0. The Labute approximate surface area is 131 Å². The van der Waals surface area contributed by atoms with Crippen LogP contribution in [0, 0.1) is 17.0 Å². The number of nitrogens with zero attached hydrogens (tertiary/aromatic N) is 1. The first-order valence-corrected chi connectivity index (χ1v) is 8.62. The van der Waals surface area contributed by atoms with Crippen molar-refractivity contribution in [2.75, 3.05) is 13.1 Å². The van der Waals surface area contributed by atoms with Crippen LogP contribution in [-0.2, 0) is 14.3 Å². The zero-order chi connectivity index (χ0) is 15.5. The Hall–Kier alpha value is -0.910. The van der Waals surface area contributed by atoms with E-state index < -0.39 is 0 Å². The molecule has 5 heteroatoms. The number of hydrogen-bond donors (Lipinski definition) is 0. The maximum absolute atomic E-state index is 13.1. The van der Waals surface area contributed by atoms with Gasteiger partial charge in [0.2, 0.25) is 0 Å². The molecule has 0 aromatic rings. The summed E-state index contributed by atoms with van der Waals surface area (Å²) in [5, 5.41) is 13.1. The minimum absolute atomic E-state index is 0.0130. The molecule has 5 nitrogen and oxygen atoms in total. The summed E-state index contributed by atoms with van der Waals surface area (Å²) < 4.78 is 11.8. The predicted molar refractivity (Wildman–Crippen MR) is 80.6 cm³/mol. The van der Waals surface area contributed by atoms with Crippen molar-refractivity contribution in [1.29, 1.82) is 0 Å². The number of hydrogen-bond acceptors (Lipinski definition) is 4. The van der Waals surface area contributed by atoms with E-state index in [0.717, 1.165) is 38.8 Å². The lowest BCUT2D eigenvalue weighted by molar-refractivity contribution is -0.895. The van der Waals surface area contributed by atoms with Gasteiger partial charge in [-0.3, -0.25) is 0 Å². The van der Waals surface area contributed by atoms with Gasteiger partial charge in [0, 0.05) is 24.3 Å². The Bertz CT molecular complexity index is 519.